The SMILES string of the molecule is Cc1nc(Nc2cccc([N+](=O)[O-])c2)c2cc(-c3ccccc3)sc2n1. The van der Waals surface area contributed by atoms with Gasteiger partial charge in [-0.15, -0.1) is 11.3 Å². The molecular formula is C19H14N4O2S. The zero-order chi connectivity index (χ0) is 18.1. The van der Waals surface area contributed by atoms with Gasteiger partial charge in [-0.3, -0.25) is 10.1 Å². The summed E-state index contributed by atoms with van der Waals surface area (Å²) in [6.07, 6.45) is 0. The van der Waals surface area contributed by atoms with Gasteiger partial charge in [0, 0.05) is 22.7 Å². The summed E-state index contributed by atoms with van der Waals surface area (Å²) in [5, 5.41) is 15.1. The van der Waals surface area contributed by atoms with Crippen LogP contribution in [0, 0.1) is 17.0 Å². The molecule has 4 aromatic rings. The number of thiophene rings is 1. The van der Waals surface area contributed by atoms with Crippen LogP contribution in [-0.2, 0) is 0 Å². The van der Waals surface area contributed by atoms with E-state index in [0.717, 1.165) is 20.7 Å². The van der Waals surface area contributed by atoms with Gasteiger partial charge < -0.3 is 5.32 Å². The fraction of sp³-hybridized carbons (Fsp3) is 0.0526. The second kappa shape index (κ2) is 6.53. The van der Waals surface area contributed by atoms with E-state index in [1.165, 1.54) is 12.1 Å². The van der Waals surface area contributed by atoms with E-state index in [0.29, 0.717) is 17.3 Å². The van der Waals surface area contributed by atoms with Gasteiger partial charge >= 0.3 is 0 Å². The smallest absolute Gasteiger partial charge is 0.271 e. The van der Waals surface area contributed by atoms with E-state index in [1.807, 2.05) is 25.1 Å². The molecule has 0 saturated carbocycles. The van der Waals surface area contributed by atoms with Gasteiger partial charge in [0.05, 0.1) is 10.3 Å². The second-order valence-electron chi connectivity index (χ2n) is 5.75. The molecule has 0 aliphatic rings. The molecule has 0 radical (unpaired) electrons. The molecule has 7 heteroatoms. The monoisotopic (exact) mass is 362 g/mol. The van der Waals surface area contributed by atoms with Gasteiger partial charge in [0.15, 0.2) is 0 Å². The van der Waals surface area contributed by atoms with Crippen LogP contribution < -0.4 is 5.32 Å². The first-order valence-corrected chi connectivity index (χ1v) is 8.77. The van der Waals surface area contributed by atoms with Gasteiger partial charge in [0.1, 0.15) is 16.5 Å². The molecule has 4 rings (SSSR count). The molecule has 0 amide bonds. The molecule has 0 saturated heterocycles. The van der Waals surface area contributed by atoms with E-state index < -0.39 is 4.92 Å². The van der Waals surface area contributed by atoms with Gasteiger partial charge in [-0.25, -0.2) is 9.97 Å². The van der Waals surface area contributed by atoms with Crippen molar-refractivity contribution >= 4 is 38.7 Å². The van der Waals surface area contributed by atoms with Crippen molar-refractivity contribution in [2.24, 2.45) is 0 Å². The van der Waals surface area contributed by atoms with Crippen LogP contribution >= 0.6 is 11.3 Å². The van der Waals surface area contributed by atoms with E-state index in [4.69, 9.17) is 0 Å². The molecule has 1 N–H and O–H groups in total. The summed E-state index contributed by atoms with van der Waals surface area (Å²) in [6, 6.07) is 18.5. The van der Waals surface area contributed by atoms with Crippen molar-refractivity contribution in [2.45, 2.75) is 6.92 Å². The van der Waals surface area contributed by atoms with E-state index in [2.05, 4.69) is 33.5 Å². The number of benzene rings is 2. The largest absolute Gasteiger partial charge is 0.339 e. The quantitative estimate of drug-likeness (QED) is 0.392. The molecule has 128 valence electrons. The van der Waals surface area contributed by atoms with Crippen molar-refractivity contribution in [3.63, 3.8) is 0 Å². The number of fused-ring (bicyclic) bond motifs is 1. The van der Waals surface area contributed by atoms with Gasteiger partial charge in [-0.2, -0.15) is 0 Å². The third-order valence-electron chi connectivity index (χ3n) is 3.88. The lowest BCUT2D eigenvalue weighted by Crippen LogP contribution is -1.98. The van der Waals surface area contributed by atoms with Crippen molar-refractivity contribution in [2.75, 3.05) is 5.32 Å². The highest BCUT2D eigenvalue weighted by atomic mass is 32.1. The Labute approximate surface area is 153 Å². The summed E-state index contributed by atoms with van der Waals surface area (Å²) in [5.74, 6) is 1.29. The standard InChI is InChI=1S/C19H14N4O2S/c1-12-20-18(22-14-8-5-9-15(10-14)23(24)25)16-11-17(26-19(16)21-12)13-6-3-2-4-7-13/h2-11H,1H3,(H,20,21,22). The van der Waals surface area contributed by atoms with Crippen LogP contribution in [0.5, 0.6) is 0 Å². The fourth-order valence-electron chi connectivity index (χ4n) is 2.70. The van der Waals surface area contributed by atoms with Crippen LogP contribution in [0.25, 0.3) is 20.7 Å². The number of hydrogen-bond acceptors (Lipinski definition) is 6. The lowest BCUT2D eigenvalue weighted by Gasteiger charge is -2.07. The first kappa shape index (κ1) is 16.2. The Morgan fingerprint density at radius 1 is 1.04 bits per heavy atom. The number of aromatic nitrogens is 2. The van der Waals surface area contributed by atoms with Crippen molar-refractivity contribution in [3.8, 4) is 10.4 Å². The number of nitro benzene ring substituents is 1. The molecule has 26 heavy (non-hydrogen) atoms. The number of non-ortho nitro benzene ring substituents is 1. The van der Waals surface area contributed by atoms with Crippen molar-refractivity contribution in [1.82, 2.24) is 9.97 Å². The minimum absolute atomic E-state index is 0.0346. The van der Waals surface area contributed by atoms with Gasteiger partial charge in [0.25, 0.3) is 5.69 Å². The zero-order valence-electron chi connectivity index (χ0n) is 13.8. The molecule has 0 aliphatic heterocycles. The third kappa shape index (κ3) is 3.12. The summed E-state index contributed by atoms with van der Waals surface area (Å²) >= 11 is 1.60. The topological polar surface area (TPSA) is 81.0 Å². The Morgan fingerprint density at radius 2 is 1.85 bits per heavy atom. The molecule has 0 spiro atoms. The van der Waals surface area contributed by atoms with Gasteiger partial charge in [-0.1, -0.05) is 36.4 Å². The Hall–Kier alpha value is -3.32. The van der Waals surface area contributed by atoms with Crippen LogP contribution in [-0.4, -0.2) is 14.9 Å². The average molecular weight is 362 g/mol. The van der Waals surface area contributed by atoms with Crippen LogP contribution in [0.1, 0.15) is 5.82 Å². The molecule has 2 heterocycles. The Morgan fingerprint density at radius 3 is 2.62 bits per heavy atom. The van der Waals surface area contributed by atoms with Gasteiger partial charge in [-0.05, 0) is 24.6 Å². The van der Waals surface area contributed by atoms with Crippen molar-refractivity contribution in [1.29, 1.82) is 0 Å². The zero-order valence-corrected chi connectivity index (χ0v) is 14.7. The van der Waals surface area contributed by atoms with Crippen LogP contribution in [0.15, 0.2) is 60.7 Å². The predicted octanol–water partition coefficient (Wildman–Crippen LogP) is 5.32. The third-order valence-corrected chi connectivity index (χ3v) is 4.96. The Bertz CT molecular complexity index is 1110. The van der Waals surface area contributed by atoms with E-state index in [9.17, 15) is 10.1 Å². The molecular weight excluding hydrogens is 348 g/mol. The molecule has 6 nitrogen and oxygen atoms in total. The van der Waals surface area contributed by atoms with E-state index in [-0.39, 0.29) is 5.69 Å². The number of aryl methyl sites for hydroxylation is 1. The first-order valence-electron chi connectivity index (χ1n) is 7.95. The predicted molar refractivity (Wildman–Crippen MR) is 104 cm³/mol. The normalized spacial score (nSPS) is 10.8. The number of hydrogen-bond donors (Lipinski definition) is 1. The van der Waals surface area contributed by atoms with E-state index in [1.54, 1.807) is 23.5 Å². The minimum Gasteiger partial charge on any atom is -0.339 e. The van der Waals surface area contributed by atoms with E-state index >= 15 is 0 Å². The van der Waals surface area contributed by atoms with Crippen LogP contribution in [0.3, 0.4) is 0 Å². The molecule has 2 aromatic heterocycles. The Kier molecular flexibility index (Phi) is 4.06. The van der Waals surface area contributed by atoms with Crippen molar-refractivity contribution in [3.05, 3.63) is 76.6 Å². The summed E-state index contributed by atoms with van der Waals surface area (Å²) in [5.41, 5.74) is 1.77. The highest BCUT2D eigenvalue weighted by Crippen LogP contribution is 2.36. The summed E-state index contributed by atoms with van der Waals surface area (Å²) in [7, 11) is 0. The van der Waals surface area contributed by atoms with Crippen LogP contribution in [0.2, 0.25) is 0 Å². The molecule has 2 aromatic carbocycles. The minimum atomic E-state index is -0.413. The van der Waals surface area contributed by atoms with Crippen molar-refractivity contribution < 1.29 is 4.92 Å². The summed E-state index contributed by atoms with van der Waals surface area (Å²) in [6.45, 7) is 1.83. The number of rotatable bonds is 4. The summed E-state index contributed by atoms with van der Waals surface area (Å²) in [4.78, 5) is 21.6. The van der Waals surface area contributed by atoms with Crippen LogP contribution in [0.4, 0.5) is 17.2 Å². The number of nitro groups is 1. The fourth-order valence-corrected chi connectivity index (χ4v) is 3.78. The number of nitrogens with one attached hydrogen (secondary N) is 1. The highest BCUT2D eigenvalue weighted by molar-refractivity contribution is 7.21. The number of anilines is 2. The number of nitrogens with zero attached hydrogens (tertiary/aromatic N) is 3. The lowest BCUT2D eigenvalue weighted by molar-refractivity contribution is -0.384. The lowest BCUT2D eigenvalue weighted by atomic mass is 10.2. The molecule has 0 aliphatic carbocycles. The average Bonchev–Trinajstić information content (AvgIpc) is 3.07. The molecule has 0 unspecified atom stereocenters. The molecule has 0 fully saturated rings. The molecule has 0 atom stereocenters. The maximum absolute atomic E-state index is 11.0. The second-order valence-corrected chi connectivity index (χ2v) is 6.78. The maximum atomic E-state index is 11.0. The Balaban J connectivity index is 1.78. The molecule has 0 bridgehead atoms. The highest BCUT2D eigenvalue weighted by Gasteiger charge is 2.13. The first-order chi connectivity index (χ1) is 12.6. The van der Waals surface area contributed by atoms with Gasteiger partial charge in [0.2, 0.25) is 0 Å². The maximum Gasteiger partial charge on any atom is 0.271 e. The summed E-state index contributed by atoms with van der Waals surface area (Å²) < 4.78 is 0.